The third-order valence-corrected chi connectivity index (χ3v) is 3.61. The molecule has 27 heavy (non-hydrogen) atoms. The Morgan fingerprint density at radius 3 is 1.93 bits per heavy atom. The molecule has 8 heteroatoms. The van der Waals surface area contributed by atoms with Crippen LogP contribution < -0.4 is 5.32 Å². The SMILES string of the molecule is CC(O)C(NC(=O)c1ccc(C#Cc2ccc([N+](=O)[O-])cc2)cc1)C(=O)O. The number of aliphatic hydroxyl groups is 1. The van der Waals surface area contributed by atoms with Crippen LogP contribution >= 0.6 is 0 Å². The molecule has 0 radical (unpaired) electrons. The predicted molar refractivity (Wildman–Crippen MR) is 96.1 cm³/mol. The van der Waals surface area contributed by atoms with Gasteiger partial charge >= 0.3 is 5.97 Å². The van der Waals surface area contributed by atoms with Crippen LogP contribution in [-0.2, 0) is 4.79 Å². The van der Waals surface area contributed by atoms with E-state index >= 15 is 0 Å². The van der Waals surface area contributed by atoms with Crippen molar-refractivity contribution < 1.29 is 24.7 Å². The molecule has 2 atom stereocenters. The molecule has 8 nitrogen and oxygen atoms in total. The maximum Gasteiger partial charge on any atom is 0.328 e. The first-order chi connectivity index (χ1) is 12.8. The Balaban J connectivity index is 2.08. The lowest BCUT2D eigenvalue weighted by Gasteiger charge is -2.16. The number of carboxylic acid groups (broad SMARTS) is 1. The van der Waals surface area contributed by atoms with Crippen LogP contribution in [0.25, 0.3) is 0 Å². The summed E-state index contributed by atoms with van der Waals surface area (Å²) in [4.78, 5) is 33.2. The normalized spacial score (nSPS) is 12.2. The van der Waals surface area contributed by atoms with Crippen molar-refractivity contribution in [3.63, 3.8) is 0 Å². The number of aliphatic hydroxyl groups excluding tert-OH is 1. The van der Waals surface area contributed by atoms with Gasteiger partial charge in [-0.3, -0.25) is 14.9 Å². The second-order valence-corrected chi connectivity index (χ2v) is 5.66. The Hall–Kier alpha value is -3.70. The van der Waals surface area contributed by atoms with E-state index in [2.05, 4.69) is 17.2 Å². The minimum atomic E-state index is -1.40. The average molecular weight is 368 g/mol. The van der Waals surface area contributed by atoms with Gasteiger partial charge in [0.05, 0.1) is 11.0 Å². The third kappa shape index (κ3) is 5.39. The van der Waals surface area contributed by atoms with Gasteiger partial charge in [0.15, 0.2) is 6.04 Å². The molecule has 0 aliphatic rings. The number of nitro benzene ring substituents is 1. The van der Waals surface area contributed by atoms with E-state index in [0.717, 1.165) is 0 Å². The second-order valence-electron chi connectivity index (χ2n) is 5.66. The molecule has 138 valence electrons. The Morgan fingerprint density at radius 1 is 1.04 bits per heavy atom. The van der Waals surface area contributed by atoms with Crippen molar-refractivity contribution in [1.82, 2.24) is 5.32 Å². The third-order valence-electron chi connectivity index (χ3n) is 3.61. The first kappa shape index (κ1) is 19.6. The summed E-state index contributed by atoms with van der Waals surface area (Å²) < 4.78 is 0. The zero-order chi connectivity index (χ0) is 20.0. The lowest BCUT2D eigenvalue weighted by Crippen LogP contribution is -2.47. The van der Waals surface area contributed by atoms with E-state index in [1.165, 1.54) is 43.3 Å². The van der Waals surface area contributed by atoms with E-state index in [0.29, 0.717) is 11.1 Å². The van der Waals surface area contributed by atoms with Crippen LogP contribution in [0.2, 0.25) is 0 Å². The Bertz CT molecular complexity index is 908. The number of nitrogens with zero attached hydrogens (tertiary/aromatic N) is 1. The summed E-state index contributed by atoms with van der Waals surface area (Å²) in [6, 6.07) is 10.5. The standard InChI is InChI=1S/C19H16N2O6/c1-12(22)17(19(24)25)20-18(23)15-8-4-13(5-9-15)2-3-14-6-10-16(11-7-14)21(26)27/h4-12,17,22H,1H3,(H,20,23)(H,24,25). The van der Waals surface area contributed by atoms with Gasteiger partial charge in [-0.05, 0) is 43.3 Å². The molecule has 0 spiro atoms. The molecule has 0 aliphatic heterocycles. The number of nitro groups is 1. The molecule has 2 unspecified atom stereocenters. The number of hydrogen-bond acceptors (Lipinski definition) is 5. The van der Waals surface area contributed by atoms with Crippen LogP contribution in [0.1, 0.15) is 28.4 Å². The van der Waals surface area contributed by atoms with Gasteiger partial charge in [-0.25, -0.2) is 4.79 Å². The van der Waals surface area contributed by atoms with Gasteiger partial charge in [-0.2, -0.15) is 0 Å². The van der Waals surface area contributed by atoms with Crippen molar-refractivity contribution in [2.45, 2.75) is 19.1 Å². The molecule has 2 aromatic carbocycles. The van der Waals surface area contributed by atoms with Crippen LogP contribution in [0.3, 0.4) is 0 Å². The van der Waals surface area contributed by atoms with Gasteiger partial charge in [-0.15, -0.1) is 0 Å². The van der Waals surface area contributed by atoms with Gasteiger partial charge in [0.25, 0.3) is 11.6 Å². The van der Waals surface area contributed by atoms with E-state index in [1.807, 2.05) is 0 Å². The number of non-ortho nitro benzene ring substituents is 1. The quantitative estimate of drug-likeness (QED) is 0.417. The molecule has 0 aliphatic carbocycles. The van der Waals surface area contributed by atoms with Crippen molar-refractivity contribution in [3.05, 3.63) is 75.3 Å². The fraction of sp³-hybridized carbons (Fsp3) is 0.158. The number of carbonyl (C=O) groups is 2. The Kier molecular flexibility index (Phi) is 6.25. The van der Waals surface area contributed by atoms with E-state index in [9.17, 15) is 24.8 Å². The van der Waals surface area contributed by atoms with Gasteiger partial charge in [0, 0.05) is 28.8 Å². The molecule has 0 fully saturated rings. The number of nitrogens with one attached hydrogen (secondary N) is 1. The van der Waals surface area contributed by atoms with Crippen LogP contribution in [0, 0.1) is 22.0 Å². The highest BCUT2D eigenvalue weighted by molar-refractivity contribution is 5.96. The fourth-order valence-electron chi connectivity index (χ4n) is 2.13. The molecule has 0 heterocycles. The largest absolute Gasteiger partial charge is 0.480 e. The van der Waals surface area contributed by atoms with Gasteiger partial charge in [0.1, 0.15) is 0 Å². The van der Waals surface area contributed by atoms with E-state index in [4.69, 9.17) is 5.11 Å². The number of amides is 1. The number of aliphatic carboxylic acids is 1. The maximum atomic E-state index is 12.1. The molecule has 0 saturated heterocycles. The number of rotatable bonds is 5. The van der Waals surface area contributed by atoms with Gasteiger partial charge in [-0.1, -0.05) is 11.8 Å². The Labute approximate surface area is 154 Å². The van der Waals surface area contributed by atoms with Gasteiger partial charge in [0.2, 0.25) is 0 Å². The summed E-state index contributed by atoms with van der Waals surface area (Å²) in [7, 11) is 0. The second kappa shape index (κ2) is 8.60. The first-order valence-electron chi connectivity index (χ1n) is 7.86. The summed E-state index contributed by atoms with van der Waals surface area (Å²) >= 11 is 0. The van der Waals surface area contributed by atoms with E-state index in [1.54, 1.807) is 12.1 Å². The topological polar surface area (TPSA) is 130 Å². The maximum absolute atomic E-state index is 12.1. The van der Waals surface area contributed by atoms with Crippen molar-refractivity contribution in [2.75, 3.05) is 0 Å². The molecule has 1 amide bonds. The number of carbonyl (C=O) groups excluding carboxylic acids is 1. The highest BCUT2D eigenvalue weighted by Crippen LogP contribution is 2.11. The van der Waals surface area contributed by atoms with Crippen LogP contribution in [0.15, 0.2) is 48.5 Å². The smallest absolute Gasteiger partial charge is 0.328 e. The van der Waals surface area contributed by atoms with Crippen LogP contribution in [-0.4, -0.2) is 39.2 Å². The van der Waals surface area contributed by atoms with Crippen molar-refractivity contribution >= 4 is 17.6 Å². The van der Waals surface area contributed by atoms with E-state index < -0.39 is 28.9 Å². The number of benzene rings is 2. The molecular formula is C19H16N2O6. The molecular weight excluding hydrogens is 352 g/mol. The average Bonchev–Trinajstić information content (AvgIpc) is 2.64. The van der Waals surface area contributed by atoms with E-state index in [-0.39, 0.29) is 11.3 Å². The van der Waals surface area contributed by atoms with Gasteiger partial charge < -0.3 is 15.5 Å². The van der Waals surface area contributed by atoms with Crippen molar-refractivity contribution in [2.24, 2.45) is 0 Å². The molecule has 3 N–H and O–H groups in total. The zero-order valence-electron chi connectivity index (χ0n) is 14.2. The zero-order valence-corrected chi connectivity index (χ0v) is 14.2. The van der Waals surface area contributed by atoms with Crippen LogP contribution in [0.5, 0.6) is 0 Å². The highest BCUT2D eigenvalue weighted by atomic mass is 16.6. The fourth-order valence-corrected chi connectivity index (χ4v) is 2.13. The van der Waals surface area contributed by atoms with Crippen molar-refractivity contribution in [1.29, 1.82) is 0 Å². The minimum absolute atomic E-state index is 0.0206. The molecule has 0 aromatic heterocycles. The lowest BCUT2D eigenvalue weighted by atomic mass is 10.1. The summed E-state index contributed by atoms with van der Waals surface area (Å²) in [5.41, 5.74) is 1.41. The summed E-state index contributed by atoms with van der Waals surface area (Å²) in [5, 5.41) is 31.2. The van der Waals surface area contributed by atoms with Crippen LogP contribution in [0.4, 0.5) is 5.69 Å². The molecule has 2 aromatic rings. The lowest BCUT2D eigenvalue weighted by molar-refractivity contribution is -0.384. The monoisotopic (exact) mass is 368 g/mol. The Morgan fingerprint density at radius 2 is 1.52 bits per heavy atom. The summed E-state index contributed by atoms with van der Waals surface area (Å²) in [5.74, 6) is 3.76. The molecule has 0 bridgehead atoms. The number of carboxylic acids is 1. The summed E-state index contributed by atoms with van der Waals surface area (Å²) in [6.45, 7) is 1.27. The predicted octanol–water partition coefficient (Wildman–Crippen LogP) is 1.56. The summed E-state index contributed by atoms with van der Waals surface area (Å²) in [6.07, 6.45) is -1.24. The number of hydrogen-bond donors (Lipinski definition) is 3. The minimum Gasteiger partial charge on any atom is -0.480 e. The highest BCUT2D eigenvalue weighted by Gasteiger charge is 2.25. The molecule has 2 rings (SSSR count). The van der Waals surface area contributed by atoms with Crippen molar-refractivity contribution in [3.8, 4) is 11.8 Å². The molecule has 0 saturated carbocycles. The first-order valence-corrected chi connectivity index (χ1v) is 7.86.